The number of amides is 2. The van der Waals surface area contributed by atoms with Gasteiger partial charge in [-0.05, 0) is 37.8 Å². The minimum atomic E-state index is -0.517. The highest BCUT2D eigenvalue weighted by Crippen LogP contribution is 2.14. The molecule has 1 rings (SSSR count). The first kappa shape index (κ1) is 13.5. The largest absolute Gasteiger partial charge is 0.444 e. The van der Waals surface area contributed by atoms with Crippen LogP contribution in [0.4, 0.5) is 4.79 Å². The van der Waals surface area contributed by atoms with Gasteiger partial charge in [0.15, 0.2) is 0 Å². The van der Waals surface area contributed by atoms with Crippen molar-refractivity contribution in [3.8, 4) is 0 Å². The molecule has 0 saturated carbocycles. The Bertz CT molecular complexity index is 421. The van der Waals surface area contributed by atoms with E-state index in [1.807, 2.05) is 0 Å². The van der Waals surface area contributed by atoms with Crippen molar-refractivity contribution >= 4 is 23.3 Å². The molecule has 0 aromatic carbocycles. The van der Waals surface area contributed by atoms with Crippen molar-refractivity contribution in [2.24, 2.45) is 5.73 Å². The Morgan fingerprint density at radius 3 is 2.59 bits per heavy atom. The van der Waals surface area contributed by atoms with Gasteiger partial charge in [-0.2, -0.15) is 0 Å². The van der Waals surface area contributed by atoms with Crippen LogP contribution in [0.1, 0.15) is 36.0 Å². The molecule has 5 nitrogen and oxygen atoms in total. The second kappa shape index (κ2) is 5.18. The second-order valence-corrected chi connectivity index (χ2v) is 5.45. The minimum Gasteiger partial charge on any atom is -0.444 e. The number of nitrogens with one attached hydrogen (secondary N) is 1. The molecule has 0 unspecified atom stereocenters. The van der Waals surface area contributed by atoms with Crippen LogP contribution in [-0.2, 0) is 11.3 Å². The van der Waals surface area contributed by atoms with Crippen LogP contribution < -0.4 is 11.1 Å². The van der Waals surface area contributed by atoms with Crippen molar-refractivity contribution in [2.75, 3.05) is 0 Å². The van der Waals surface area contributed by atoms with Gasteiger partial charge in [0, 0.05) is 6.54 Å². The molecule has 0 fully saturated rings. The van der Waals surface area contributed by atoms with Crippen molar-refractivity contribution in [2.45, 2.75) is 32.9 Å². The lowest BCUT2D eigenvalue weighted by Crippen LogP contribution is -2.32. The van der Waals surface area contributed by atoms with E-state index >= 15 is 0 Å². The van der Waals surface area contributed by atoms with Crippen LogP contribution in [-0.4, -0.2) is 17.6 Å². The molecule has 1 aromatic heterocycles. The Morgan fingerprint density at radius 2 is 2.12 bits per heavy atom. The number of rotatable bonds is 3. The van der Waals surface area contributed by atoms with Gasteiger partial charge in [-0.15, -0.1) is 11.3 Å². The van der Waals surface area contributed by atoms with Gasteiger partial charge in [-0.25, -0.2) is 4.79 Å². The maximum atomic E-state index is 11.4. The molecule has 0 atom stereocenters. The number of hydrogen-bond donors (Lipinski definition) is 2. The Hall–Kier alpha value is -1.56. The number of alkyl carbamates (subject to hydrolysis) is 1. The van der Waals surface area contributed by atoms with E-state index in [-0.39, 0.29) is 0 Å². The molecule has 0 aliphatic carbocycles. The van der Waals surface area contributed by atoms with E-state index in [4.69, 9.17) is 10.5 Å². The van der Waals surface area contributed by atoms with Gasteiger partial charge in [0.25, 0.3) is 5.91 Å². The summed E-state index contributed by atoms with van der Waals surface area (Å²) in [6.45, 7) is 5.70. The number of carbonyl (C=O) groups is 2. The number of nitrogens with two attached hydrogens (primary N) is 1. The van der Waals surface area contributed by atoms with Crippen LogP contribution >= 0.6 is 11.3 Å². The quantitative estimate of drug-likeness (QED) is 0.866. The number of primary amides is 1. The lowest BCUT2D eigenvalue weighted by molar-refractivity contribution is 0.0523. The summed E-state index contributed by atoms with van der Waals surface area (Å²) in [6.07, 6.45) is -0.482. The summed E-state index contributed by atoms with van der Waals surface area (Å²) in [6, 6.07) is 1.66. The first-order chi connectivity index (χ1) is 7.78. The van der Waals surface area contributed by atoms with E-state index in [9.17, 15) is 9.59 Å². The molecule has 0 aliphatic heterocycles. The summed E-state index contributed by atoms with van der Waals surface area (Å²) in [5, 5.41) is 4.38. The molecule has 3 N–H and O–H groups in total. The molecule has 1 aromatic rings. The zero-order valence-corrected chi connectivity index (χ0v) is 10.9. The minimum absolute atomic E-state index is 0.318. The van der Waals surface area contributed by atoms with Gasteiger partial charge in [-0.1, -0.05) is 0 Å². The molecule has 6 heteroatoms. The number of hydrogen-bond acceptors (Lipinski definition) is 4. The van der Waals surface area contributed by atoms with E-state index in [0.717, 1.165) is 5.56 Å². The molecule has 2 amide bonds. The number of carbonyl (C=O) groups excluding carboxylic acids is 2. The average Bonchev–Trinajstić information content (AvgIpc) is 2.60. The topological polar surface area (TPSA) is 81.4 Å². The fourth-order valence-electron chi connectivity index (χ4n) is 1.09. The molecule has 1 heterocycles. The average molecular weight is 256 g/mol. The third-order valence-electron chi connectivity index (χ3n) is 1.73. The van der Waals surface area contributed by atoms with Crippen molar-refractivity contribution in [3.63, 3.8) is 0 Å². The summed E-state index contributed by atoms with van der Waals surface area (Å²) in [4.78, 5) is 22.7. The monoisotopic (exact) mass is 256 g/mol. The third kappa shape index (κ3) is 4.86. The predicted molar refractivity (Wildman–Crippen MR) is 65.9 cm³/mol. The number of ether oxygens (including phenoxy) is 1. The SMILES string of the molecule is CC(C)(C)OC(=O)NCc1csc(C(N)=O)c1. The van der Waals surface area contributed by atoms with Crippen molar-refractivity contribution in [1.82, 2.24) is 5.32 Å². The number of thiophene rings is 1. The highest BCUT2D eigenvalue weighted by molar-refractivity contribution is 7.12. The van der Waals surface area contributed by atoms with E-state index in [0.29, 0.717) is 11.4 Å². The van der Waals surface area contributed by atoms with Gasteiger partial charge in [0.2, 0.25) is 0 Å². The molecule has 0 spiro atoms. The molecule has 0 radical (unpaired) electrons. The fraction of sp³-hybridized carbons (Fsp3) is 0.455. The van der Waals surface area contributed by atoms with Gasteiger partial charge in [0.05, 0.1) is 4.88 Å². The Kier molecular flexibility index (Phi) is 4.11. The predicted octanol–water partition coefficient (Wildman–Crippen LogP) is 1.87. The van der Waals surface area contributed by atoms with Crippen molar-refractivity contribution in [3.05, 3.63) is 21.9 Å². The fourth-order valence-corrected chi connectivity index (χ4v) is 1.85. The highest BCUT2D eigenvalue weighted by Gasteiger charge is 2.15. The zero-order valence-electron chi connectivity index (χ0n) is 10.1. The third-order valence-corrected chi connectivity index (χ3v) is 2.73. The van der Waals surface area contributed by atoms with E-state index in [1.165, 1.54) is 11.3 Å². The summed E-state index contributed by atoms with van der Waals surface area (Å²) < 4.78 is 5.08. The maximum absolute atomic E-state index is 11.4. The second-order valence-electron chi connectivity index (χ2n) is 4.54. The van der Waals surface area contributed by atoms with Crippen LogP contribution in [0.2, 0.25) is 0 Å². The van der Waals surface area contributed by atoms with Crippen molar-refractivity contribution < 1.29 is 14.3 Å². The van der Waals surface area contributed by atoms with Crippen LogP contribution in [0.25, 0.3) is 0 Å². The lowest BCUT2D eigenvalue weighted by atomic mass is 10.2. The highest BCUT2D eigenvalue weighted by atomic mass is 32.1. The summed E-state index contributed by atoms with van der Waals surface area (Å²) in [5.74, 6) is -0.460. The van der Waals surface area contributed by atoms with Crippen LogP contribution in [0.5, 0.6) is 0 Å². The maximum Gasteiger partial charge on any atom is 0.407 e. The molecule has 0 saturated heterocycles. The smallest absolute Gasteiger partial charge is 0.407 e. The summed E-state index contributed by atoms with van der Waals surface area (Å²) in [5.41, 5.74) is 5.44. The van der Waals surface area contributed by atoms with Gasteiger partial charge in [0.1, 0.15) is 5.60 Å². The van der Waals surface area contributed by atoms with Crippen molar-refractivity contribution in [1.29, 1.82) is 0 Å². The first-order valence-corrected chi connectivity index (χ1v) is 6.00. The van der Waals surface area contributed by atoms with Crippen LogP contribution in [0, 0.1) is 0 Å². The molecule has 0 bridgehead atoms. The lowest BCUT2D eigenvalue weighted by Gasteiger charge is -2.19. The van der Waals surface area contributed by atoms with Gasteiger partial charge >= 0.3 is 6.09 Å². The zero-order chi connectivity index (χ0) is 13.1. The van der Waals surface area contributed by atoms with Crippen LogP contribution in [0.15, 0.2) is 11.4 Å². The molecule has 17 heavy (non-hydrogen) atoms. The molecule has 0 aliphatic rings. The van der Waals surface area contributed by atoms with E-state index < -0.39 is 17.6 Å². The summed E-state index contributed by atoms with van der Waals surface area (Å²) >= 11 is 1.26. The Balaban J connectivity index is 2.45. The van der Waals surface area contributed by atoms with Crippen LogP contribution in [0.3, 0.4) is 0 Å². The van der Waals surface area contributed by atoms with Gasteiger partial charge < -0.3 is 15.8 Å². The molecular formula is C11H16N2O3S. The Morgan fingerprint density at radius 1 is 1.47 bits per heavy atom. The standard InChI is InChI=1S/C11H16N2O3S/c1-11(2,3)16-10(15)13-5-7-4-8(9(12)14)17-6-7/h4,6H,5H2,1-3H3,(H2,12,14)(H,13,15). The van der Waals surface area contributed by atoms with E-state index in [1.54, 1.807) is 32.2 Å². The molecular weight excluding hydrogens is 240 g/mol. The van der Waals surface area contributed by atoms with E-state index in [2.05, 4.69) is 5.32 Å². The molecule has 94 valence electrons. The Labute approximate surface area is 104 Å². The summed E-state index contributed by atoms with van der Waals surface area (Å²) in [7, 11) is 0. The van der Waals surface area contributed by atoms with Gasteiger partial charge in [-0.3, -0.25) is 4.79 Å². The normalized spacial score (nSPS) is 11.0. The first-order valence-electron chi connectivity index (χ1n) is 5.12.